The molecule has 0 spiro atoms. The lowest BCUT2D eigenvalue weighted by Gasteiger charge is -2.36. The number of ether oxygens (including phenoxy) is 1. The summed E-state index contributed by atoms with van der Waals surface area (Å²) in [6, 6.07) is 4.72. The van der Waals surface area contributed by atoms with Crippen LogP contribution in [0.4, 0.5) is 0 Å². The molecule has 0 amide bonds. The fourth-order valence-corrected chi connectivity index (χ4v) is 3.41. The first kappa shape index (κ1) is 17.1. The van der Waals surface area contributed by atoms with Crippen LogP contribution in [0.25, 0.3) is 0 Å². The highest BCUT2D eigenvalue weighted by Crippen LogP contribution is 2.21. The van der Waals surface area contributed by atoms with Crippen molar-refractivity contribution in [3.63, 3.8) is 0 Å². The number of hydrogen-bond donors (Lipinski definition) is 1. The van der Waals surface area contributed by atoms with E-state index in [1.807, 2.05) is 4.68 Å². The minimum Gasteiger partial charge on any atom is -0.379 e. The highest BCUT2D eigenvalue weighted by Gasteiger charge is 2.26. The van der Waals surface area contributed by atoms with E-state index in [1.54, 1.807) is 19.8 Å². The number of methoxy groups -OCH3 is 1. The molecule has 24 heavy (non-hydrogen) atoms. The molecule has 2 N–H and O–H groups in total. The number of rotatable bonds is 5. The lowest BCUT2D eigenvalue weighted by atomic mass is 9.97. The Morgan fingerprint density at radius 3 is 2.62 bits per heavy atom. The van der Waals surface area contributed by atoms with E-state index in [-0.39, 0.29) is 12.1 Å². The maximum Gasteiger partial charge on any atom is 0.137 e. The maximum absolute atomic E-state index is 6.13. The number of benzene rings is 1. The number of nitrogens with two attached hydrogens (primary N) is 1. The smallest absolute Gasteiger partial charge is 0.137 e. The van der Waals surface area contributed by atoms with E-state index in [2.05, 4.69) is 41.0 Å². The Kier molecular flexibility index (Phi) is 5.28. The third kappa shape index (κ3) is 3.83. The number of likely N-dealkylation sites (tertiary alicyclic amines) is 1. The molecule has 0 saturated carbocycles. The molecule has 130 valence electrons. The Morgan fingerprint density at radius 2 is 1.96 bits per heavy atom. The van der Waals surface area contributed by atoms with Crippen molar-refractivity contribution < 1.29 is 4.74 Å². The summed E-state index contributed by atoms with van der Waals surface area (Å²) in [7, 11) is 1.75. The van der Waals surface area contributed by atoms with Gasteiger partial charge in [-0.15, -0.1) is 0 Å². The van der Waals surface area contributed by atoms with Crippen molar-refractivity contribution in [1.29, 1.82) is 0 Å². The van der Waals surface area contributed by atoms with Gasteiger partial charge in [0.05, 0.1) is 12.6 Å². The zero-order valence-corrected chi connectivity index (χ0v) is 14.8. The zero-order chi connectivity index (χ0) is 17.1. The summed E-state index contributed by atoms with van der Waals surface area (Å²) < 4.78 is 7.39. The van der Waals surface area contributed by atoms with Gasteiger partial charge in [0.15, 0.2) is 0 Å². The first-order valence-electron chi connectivity index (χ1n) is 8.49. The lowest BCUT2D eigenvalue weighted by Crippen LogP contribution is -2.51. The van der Waals surface area contributed by atoms with Crippen LogP contribution in [0.2, 0.25) is 0 Å². The van der Waals surface area contributed by atoms with Gasteiger partial charge in [0.25, 0.3) is 0 Å². The molecule has 0 bridgehead atoms. The van der Waals surface area contributed by atoms with E-state index in [4.69, 9.17) is 10.5 Å². The molecule has 1 aliphatic heterocycles. The summed E-state index contributed by atoms with van der Waals surface area (Å²) in [6.07, 6.45) is 4.44. The van der Waals surface area contributed by atoms with Gasteiger partial charge < -0.3 is 10.5 Å². The summed E-state index contributed by atoms with van der Waals surface area (Å²) in [4.78, 5) is 6.46. The van der Waals surface area contributed by atoms with Crippen molar-refractivity contribution in [2.75, 3.05) is 20.2 Å². The first-order valence-corrected chi connectivity index (χ1v) is 8.49. The van der Waals surface area contributed by atoms with E-state index in [1.165, 1.54) is 22.3 Å². The van der Waals surface area contributed by atoms with Crippen LogP contribution >= 0.6 is 0 Å². The molecular formula is C18H27N5O. The zero-order valence-electron chi connectivity index (χ0n) is 14.8. The summed E-state index contributed by atoms with van der Waals surface area (Å²) in [5.74, 6) is 0. The van der Waals surface area contributed by atoms with Gasteiger partial charge in [0.1, 0.15) is 12.7 Å². The predicted molar refractivity (Wildman–Crippen MR) is 93.7 cm³/mol. The van der Waals surface area contributed by atoms with E-state index in [9.17, 15) is 0 Å². The fourth-order valence-electron chi connectivity index (χ4n) is 3.41. The Morgan fingerprint density at radius 1 is 1.21 bits per heavy atom. The Labute approximate surface area is 143 Å². The molecule has 1 aromatic carbocycles. The molecule has 2 atom stereocenters. The first-order chi connectivity index (χ1) is 11.6. The molecule has 1 aromatic heterocycles. The molecule has 2 heterocycles. The average Bonchev–Trinajstić information content (AvgIpc) is 3.06. The monoisotopic (exact) mass is 329 g/mol. The van der Waals surface area contributed by atoms with Crippen LogP contribution in [-0.4, -0.2) is 52.0 Å². The molecule has 0 aliphatic carbocycles. The van der Waals surface area contributed by atoms with Gasteiger partial charge in [-0.25, -0.2) is 9.67 Å². The molecular weight excluding hydrogens is 302 g/mol. The van der Waals surface area contributed by atoms with E-state index >= 15 is 0 Å². The fraction of sp³-hybridized carbons (Fsp3) is 0.556. The van der Waals surface area contributed by atoms with Crippen LogP contribution in [0, 0.1) is 13.8 Å². The van der Waals surface area contributed by atoms with Crippen molar-refractivity contribution in [3.8, 4) is 0 Å². The van der Waals surface area contributed by atoms with Gasteiger partial charge in [-0.2, -0.15) is 5.10 Å². The van der Waals surface area contributed by atoms with E-state index in [0.29, 0.717) is 0 Å². The van der Waals surface area contributed by atoms with Gasteiger partial charge >= 0.3 is 0 Å². The maximum atomic E-state index is 6.13. The van der Waals surface area contributed by atoms with Crippen LogP contribution in [0.3, 0.4) is 0 Å². The number of nitrogens with zero attached hydrogens (tertiary/aromatic N) is 4. The number of aryl methyl sites for hydroxylation is 2. The van der Waals surface area contributed by atoms with E-state index in [0.717, 1.165) is 32.6 Å². The summed E-state index contributed by atoms with van der Waals surface area (Å²) >= 11 is 0. The van der Waals surface area contributed by atoms with Crippen molar-refractivity contribution in [3.05, 3.63) is 47.0 Å². The molecule has 1 fully saturated rings. The standard InChI is InChI=1S/C18H27N5O/c1-13-6-14(2)16(9-23-12-20-11-21-23)7-15(13)8-22-5-4-17(19)18(10-22)24-3/h6-7,11-12,17-18H,4-5,8-10,19H2,1-3H3/t17-,18+/m0/s1. The second kappa shape index (κ2) is 7.42. The van der Waals surface area contributed by atoms with Crippen LogP contribution < -0.4 is 5.73 Å². The SMILES string of the molecule is CO[C@@H]1CN(Cc2cc(Cn3cncn3)c(C)cc2C)CC[C@@H]1N. The molecule has 3 rings (SSSR count). The summed E-state index contributed by atoms with van der Waals surface area (Å²) in [5.41, 5.74) is 11.4. The quantitative estimate of drug-likeness (QED) is 0.900. The average molecular weight is 329 g/mol. The highest BCUT2D eigenvalue weighted by atomic mass is 16.5. The minimum atomic E-state index is 0.124. The number of piperidine rings is 1. The van der Waals surface area contributed by atoms with Gasteiger partial charge in [-0.05, 0) is 42.5 Å². The molecule has 6 nitrogen and oxygen atoms in total. The van der Waals surface area contributed by atoms with Crippen LogP contribution in [-0.2, 0) is 17.8 Å². The van der Waals surface area contributed by atoms with Gasteiger partial charge in [-0.1, -0.05) is 12.1 Å². The Bertz CT molecular complexity index is 670. The molecule has 2 aromatic rings. The number of aromatic nitrogens is 3. The summed E-state index contributed by atoms with van der Waals surface area (Å²) in [6.45, 7) is 7.94. The number of hydrogen-bond acceptors (Lipinski definition) is 5. The lowest BCUT2D eigenvalue weighted by molar-refractivity contribution is 0.0140. The van der Waals surface area contributed by atoms with Crippen molar-refractivity contribution in [2.24, 2.45) is 5.73 Å². The normalized spacial score (nSPS) is 22.0. The van der Waals surface area contributed by atoms with Gasteiger partial charge in [0.2, 0.25) is 0 Å². The summed E-state index contributed by atoms with van der Waals surface area (Å²) in [5, 5.41) is 4.21. The molecule has 0 radical (unpaired) electrons. The van der Waals surface area contributed by atoms with Crippen molar-refractivity contribution in [1.82, 2.24) is 19.7 Å². The third-order valence-electron chi connectivity index (χ3n) is 4.98. The molecule has 6 heteroatoms. The predicted octanol–water partition coefficient (Wildman–Crippen LogP) is 1.49. The Balaban J connectivity index is 1.75. The molecule has 1 aliphatic rings. The van der Waals surface area contributed by atoms with Crippen LogP contribution in [0.15, 0.2) is 24.8 Å². The van der Waals surface area contributed by atoms with Crippen LogP contribution in [0.5, 0.6) is 0 Å². The third-order valence-corrected chi connectivity index (χ3v) is 4.98. The largest absolute Gasteiger partial charge is 0.379 e. The topological polar surface area (TPSA) is 69.2 Å². The Hall–Kier alpha value is -1.76. The van der Waals surface area contributed by atoms with Gasteiger partial charge in [-0.3, -0.25) is 4.90 Å². The van der Waals surface area contributed by atoms with Crippen molar-refractivity contribution >= 4 is 0 Å². The molecule has 0 unspecified atom stereocenters. The molecule has 1 saturated heterocycles. The van der Waals surface area contributed by atoms with Crippen LogP contribution in [0.1, 0.15) is 28.7 Å². The van der Waals surface area contributed by atoms with E-state index < -0.39 is 0 Å². The second-order valence-corrected chi connectivity index (χ2v) is 6.76. The van der Waals surface area contributed by atoms with Gasteiger partial charge in [0, 0.05) is 32.8 Å². The second-order valence-electron chi connectivity index (χ2n) is 6.76. The highest BCUT2D eigenvalue weighted by molar-refractivity contribution is 5.37. The van der Waals surface area contributed by atoms with Crippen molar-refractivity contribution in [2.45, 2.75) is 45.5 Å². The minimum absolute atomic E-state index is 0.124.